The molecule has 0 aliphatic rings. The van der Waals surface area contributed by atoms with Crippen LogP contribution in [0.25, 0.3) is 0 Å². The summed E-state index contributed by atoms with van der Waals surface area (Å²) in [6.45, 7) is -0.0167. The molecule has 3 rings (SSSR count). The maximum absolute atomic E-state index is 12.6. The largest absolute Gasteiger partial charge is 0.465 e. The molecule has 208 valence electrons. The lowest BCUT2D eigenvalue weighted by Crippen LogP contribution is -2.28. The number of hydrogen-bond donors (Lipinski definition) is 2. The number of carbonyl (C=O) groups excluding carboxylic acids is 5. The summed E-state index contributed by atoms with van der Waals surface area (Å²) in [6, 6.07) is 19.9. The van der Waals surface area contributed by atoms with Crippen LogP contribution in [0, 0.1) is 0 Å². The normalized spacial score (nSPS) is 10.2. The van der Waals surface area contributed by atoms with Gasteiger partial charge in [-0.1, -0.05) is 36.4 Å². The van der Waals surface area contributed by atoms with Gasteiger partial charge < -0.3 is 24.8 Å². The van der Waals surface area contributed by atoms with E-state index in [2.05, 4.69) is 20.1 Å². The highest BCUT2D eigenvalue weighted by Crippen LogP contribution is 2.23. The van der Waals surface area contributed by atoms with Crippen molar-refractivity contribution in [1.82, 2.24) is 10.6 Å². The summed E-state index contributed by atoms with van der Waals surface area (Å²) in [5.41, 5.74) is 2.62. The van der Waals surface area contributed by atoms with Crippen molar-refractivity contribution in [3.05, 3.63) is 101 Å². The average Bonchev–Trinajstić information content (AvgIpc) is 3.00. The number of benzene rings is 3. The van der Waals surface area contributed by atoms with Gasteiger partial charge in [-0.2, -0.15) is 0 Å². The van der Waals surface area contributed by atoms with Gasteiger partial charge in [0, 0.05) is 18.0 Å². The van der Waals surface area contributed by atoms with Crippen LogP contribution >= 0.6 is 11.8 Å². The molecular weight excluding hydrogens is 536 g/mol. The third kappa shape index (κ3) is 8.98. The van der Waals surface area contributed by atoms with Crippen LogP contribution in [0.5, 0.6) is 0 Å². The van der Waals surface area contributed by atoms with Gasteiger partial charge in [-0.15, -0.1) is 11.8 Å². The summed E-state index contributed by atoms with van der Waals surface area (Å²) in [5.74, 6) is -2.26. The Morgan fingerprint density at radius 1 is 0.650 bits per heavy atom. The summed E-state index contributed by atoms with van der Waals surface area (Å²) in [6.07, 6.45) is 0. The lowest BCUT2D eigenvalue weighted by atomic mass is 10.1. The Hall–Kier alpha value is -4.64. The fourth-order valence-electron chi connectivity index (χ4n) is 3.37. The van der Waals surface area contributed by atoms with Gasteiger partial charge in [0.25, 0.3) is 5.91 Å². The molecule has 11 heteroatoms. The van der Waals surface area contributed by atoms with Crippen molar-refractivity contribution in [3.8, 4) is 0 Å². The first kappa shape index (κ1) is 29.9. The maximum Gasteiger partial charge on any atom is 0.339 e. The number of rotatable bonds is 12. The Bertz CT molecular complexity index is 1360. The van der Waals surface area contributed by atoms with E-state index in [9.17, 15) is 24.0 Å². The lowest BCUT2D eigenvalue weighted by molar-refractivity contribution is -0.124. The van der Waals surface area contributed by atoms with Crippen molar-refractivity contribution in [1.29, 1.82) is 0 Å². The molecule has 0 aromatic heterocycles. The minimum Gasteiger partial charge on any atom is -0.465 e. The van der Waals surface area contributed by atoms with Crippen molar-refractivity contribution in [2.75, 3.05) is 26.6 Å². The zero-order valence-corrected chi connectivity index (χ0v) is 22.7. The van der Waals surface area contributed by atoms with Gasteiger partial charge in [0.15, 0.2) is 6.61 Å². The van der Waals surface area contributed by atoms with Crippen molar-refractivity contribution in [2.45, 2.75) is 18.0 Å². The van der Waals surface area contributed by atoms with Crippen LogP contribution < -0.4 is 10.6 Å². The standard InChI is InChI=1S/C29H28N2O8S/c1-37-27(34)21-11-7-19(8-12-21)15-30-25(32)17-39-29(36)23-5-3-4-6-24(23)40-18-26(33)31-16-20-9-13-22(14-10-20)28(35)38-2/h3-14H,15-18H2,1-2H3,(H,30,32)(H,31,33). The van der Waals surface area contributed by atoms with Crippen LogP contribution in [0.4, 0.5) is 0 Å². The quantitative estimate of drug-likeness (QED) is 0.193. The molecule has 0 aliphatic carbocycles. The van der Waals surface area contributed by atoms with E-state index in [4.69, 9.17) is 4.74 Å². The van der Waals surface area contributed by atoms with Gasteiger partial charge in [-0.05, 0) is 47.5 Å². The summed E-state index contributed by atoms with van der Waals surface area (Å²) >= 11 is 1.17. The van der Waals surface area contributed by atoms with Crippen LogP contribution in [0.15, 0.2) is 77.7 Å². The predicted molar refractivity (Wildman–Crippen MR) is 147 cm³/mol. The van der Waals surface area contributed by atoms with E-state index in [-0.39, 0.29) is 30.3 Å². The molecule has 0 heterocycles. The molecule has 10 nitrogen and oxygen atoms in total. The van der Waals surface area contributed by atoms with Gasteiger partial charge in [0.05, 0.1) is 36.7 Å². The van der Waals surface area contributed by atoms with Crippen LogP contribution in [-0.2, 0) is 36.9 Å². The number of ether oxygens (including phenoxy) is 3. The highest BCUT2D eigenvalue weighted by molar-refractivity contribution is 8.00. The first-order valence-electron chi connectivity index (χ1n) is 12.1. The number of hydrogen-bond acceptors (Lipinski definition) is 9. The Labute approximate surface area is 235 Å². The van der Waals surface area contributed by atoms with Crippen molar-refractivity contribution >= 4 is 41.5 Å². The van der Waals surface area contributed by atoms with Gasteiger partial charge >= 0.3 is 17.9 Å². The van der Waals surface area contributed by atoms with Crippen LogP contribution in [0.2, 0.25) is 0 Å². The second-order valence-electron chi connectivity index (χ2n) is 8.29. The zero-order valence-electron chi connectivity index (χ0n) is 21.9. The Morgan fingerprint density at radius 2 is 1.15 bits per heavy atom. The third-order valence-corrected chi connectivity index (χ3v) is 6.60. The second-order valence-corrected chi connectivity index (χ2v) is 9.31. The highest BCUT2D eigenvalue weighted by Gasteiger charge is 2.16. The van der Waals surface area contributed by atoms with Gasteiger partial charge in [0.2, 0.25) is 5.91 Å². The molecule has 3 aromatic rings. The highest BCUT2D eigenvalue weighted by atomic mass is 32.2. The summed E-state index contributed by atoms with van der Waals surface area (Å²) in [7, 11) is 2.60. The molecule has 0 saturated heterocycles. The first-order chi connectivity index (χ1) is 19.3. The Kier molecular flexibility index (Phi) is 11.3. The summed E-state index contributed by atoms with van der Waals surface area (Å²) in [4.78, 5) is 60.7. The van der Waals surface area contributed by atoms with E-state index < -0.39 is 30.4 Å². The molecule has 3 aromatic carbocycles. The monoisotopic (exact) mass is 564 g/mol. The molecule has 2 N–H and O–H groups in total. The maximum atomic E-state index is 12.6. The number of thioether (sulfide) groups is 1. The average molecular weight is 565 g/mol. The minimum atomic E-state index is -0.688. The van der Waals surface area contributed by atoms with E-state index in [1.165, 1.54) is 26.0 Å². The number of nitrogens with one attached hydrogen (secondary N) is 2. The minimum absolute atomic E-state index is 0.0553. The molecule has 40 heavy (non-hydrogen) atoms. The fourth-order valence-corrected chi connectivity index (χ4v) is 4.24. The van der Waals surface area contributed by atoms with E-state index in [0.29, 0.717) is 16.0 Å². The fraction of sp³-hybridized carbons (Fsp3) is 0.207. The van der Waals surface area contributed by atoms with Crippen LogP contribution in [-0.4, -0.2) is 56.3 Å². The molecule has 0 bridgehead atoms. The first-order valence-corrected chi connectivity index (χ1v) is 13.1. The molecular formula is C29H28N2O8S. The third-order valence-electron chi connectivity index (χ3n) is 5.53. The molecule has 0 atom stereocenters. The number of esters is 3. The number of carbonyl (C=O) groups is 5. The molecule has 0 fully saturated rings. The second kappa shape index (κ2) is 15.1. The van der Waals surface area contributed by atoms with Gasteiger partial charge in [-0.3, -0.25) is 9.59 Å². The molecule has 0 radical (unpaired) electrons. The Morgan fingerprint density at radius 3 is 1.68 bits per heavy atom. The van der Waals surface area contributed by atoms with Crippen LogP contribution in [0.3, 0.4) is 0 Å². The zero-order chi connectivity index (χ0) is 28.9. The SMILES string of the molecule is COC(=O)c1ccc(CNC(=O)COC(=O)c2ccccc2SCC(=O)NCc2ccc(C(=O)OC)cc2)cc1. The number of methoxy groups -OCH3 is 2. The van der Waals surface area contributed by atoms with E-state index >= 15 is 0 Å². The van der Waals surface area contributed by atoms with Crippen LogP contribution in [0.1, 0.15) is 42.2 Å². The van der Waals surface area contributed by atoms with Gasteiger partial charge in [0.1, 0.15) is 0 Å². The predicted octanol–water partition coefficient (Wildman–Crippen LogP) is 3.14. The van der Waals surface area contributed by atoms with Crippen molar-refractivity contribution in [3.63, 3.8) is 0 Å². The Balaban J connectivity index is 1.44. The van der Waals surface area contributed by atoms with Gasteiger partial charge in [-0.25, -0.2) is 14.4 Å². The van der Waals surface area contributed by atoms with Crippen molar-refractivity contribution in [2.24, 2.45) is 0 Å². The molecule has 0 saturated carbocycles. The molecule has 0 spiro atoms. The summed E-state index contributed by atoms with van der Waals surface area (Å²) < 4.78 is 14.5. The molecule has 0 unspecified atom stereocenters. The van der Waals surface area contributed by atoms with E-state index in [1.807, 2.05) is 0 Å². The number of amides is 2. The smallest absolute Gasteiger partial charge is 0.339 e. The molecule has 0 aliphatic heterocycles. The topological polar surface area (TPSA) is 137 Å². The lowest BCUT2D eigenvalue weighted by Gasteiger charge is -2.10. The van der Waals surface area contributed by atoms with E-state index in [1.54, 1.807) is 72.8 Å². The molecule has 2 amide bonds. The van der Waals surface area contributed by atoms with E-state index in [0.717, 1.165) is 11.1 Å². The summed E-state index contributed by atoms with van der Waals surface area (Å²) in [5, 5.41) is 5.44. The van der Waals surface area contributed by atoms with Crippen molar-refractivity contribution < 1.29 is 38.2 Å².